The van der Waals surface area contributed by atoms with Gasteiger partial charge in [0.1, 0.15) is 5.82 Å². The standard InChI is InChI=1S/C12H20N4O3S/c1-3-16-6-9(14-7(16)2)20(17,18)15-11-10(13)8-4-5-19-12(8)11/h6,8,10-12,15H,3-5,13H2,1-2H3. The predicted octanol–water partition coefficient (Wildman–Crippen LogP) is -0.396. The third-order valence-electron chi connectivity index (χ3n) is 4.31. The molecule has 1 aromatic rings. The molecule has 0 spiro atoms. The minimum Gasteiger partial charge on any atom is -0.376 e. The maximum absolute atomic E-state index is 12.4. The van der Waals surface area contributed by atoms with Crippen LogP contribution in [0.5, 0.6) is 0 Å². The molecule has 4 unspecified atom stereocenters. The quantitative estimate of drug-likeness (QED) is 0.788. The second kappa shape index (κ2) is 4.80. The van der Waals surface area contributed by atoms with Gasteiger partial charge in [-0.05, 0) is 20.3 Å². The molecule has 0 amide bonds. The van der Waals surface area contributed by atoms with E-state index < -0.39 is 10.0 Å². The molecule has 2 aliphatic rings. The molecule has 1 aliphatic carbocycles. The highest BCUT2D eigenvalue weighted by molar-refractivity contribution is 7.89. The van der Waals surface area contributed by atoms with E-state index in [9.17, 15) is 8.42 Å². The molecule has 1 saturated heterocycles. The fourth-order valence-electron chi connectivity index (χ4n) is 3.06. The first-order chi connectivity index (χ1) is 9.44. The van der Waals surface area contributed by atoms with E-state index in [-0.39, 0.29) is 29.1 Å². The molecule has 1 aliphatic heterocycles. The molecule has 8 heteroatoms. The summed E-state index contributed by atoms with van der Waals surface area (Å²) in [6.07, 6.45) is 2.37. The van der Waals surface area contributed by atoms with Crippen LogP contribution in [0.15, 0.2) is 11.2 Å². The lowest BCUT2D eigenvalue weighted by Crippen LogP contribution is -2.68. The van der Waals surface area contributed by atoms with Crippen molar-refractivity contribution in [1.29, 1.82) is 0 Å². The number of imidazole rings is 1. The number of ether oxygens (including phenoxy) is 1. The van der Waals surface area contributed by atoms with Gasteiger partial charge in [-0.2, -0.15) is 0 Å². The zero-order valence-corrected chi connectivity index (χ0v) is 12.4. The van der Waals surface area contributed by atoms with Gasteiger partial charge in [0.2, 0.25) is 0 Å². The molecule has 20 heavy (non-hydrogen) atoms. The molecule has 112 valence electrons. The Kier molecular flexibility index (Phi) is 3.36. The number of hydrogen-bond acceptors (Lipinski definition) is 5. The third-order valence-corrected chi connectivity index (χ3v) is 5.64. The van der Waals surface area contributed by atoms with Crippen molar-refractivity contribution in [2.75, 3.05) is 6.61 Å². The van der Waals surface area contributed by atoms with Gasteiger partial charge in [0.25, 0.3) is 10.0 Å². The normalized spacial score (nSPS) is 33.0. The summed E-state index contributed by atoms with van der Waals surface area (Å²) in [7, 11) is -3.65. The number of rotatable bonds is 4. The lowest BCUT2D eigenvalue weighted by molar-refractivity contribution is -0.00926. The Labute approximate surface area is 118 Å². The Bertz CT molecular complexity index is 612. The van der Waals surface area contributed by atoms with Crippen LogP contribution in [-0.4, -0.2) is 42.8 Å². The zero-order chi connectivity index (χ0) is 14.5. The fourth-order valence-corrected chi connectivity index (χ4v) is 4.35. The Morgan fingerprint density at radius 1 is 1.60 bits per heavy atom. The smallest absolute Gasteiger partial charge is 0.259 e. The van der Waals surface area contributed by atoms with E-state index in [1.165, 1.54) is 0 Å². The van der Waals surface area contributed by atoms with Crippen LogP contribution in [-0.2, 0) is 21.3 Å². The molecule has 7 nitrogen and oxygen atoms in total. The van der Waals surface area contributed by atoms with E-state index in [0.29, 0.717) is 19.0 Å². The van der Waals surface area contributed by atoms with Crippen molar-refractivity contribution in [3.63, 3.8) is 0 Å². The third kappa shape index (κ3) is 2.07. The molecule has 3 rings (SSSR count). The highest BCUT2D eigenvalue weighted by Gasteiger charge is 2.53. The van der Waals surface area contributed by atoms with E-state index in [2.05, 4.69) is 9.71 Å². The minimum absolute atomic E-state index is 0.0468. The fraction of sp³-hybridized carbons (Fsp3) is 0.750. The van der Waals surface area contributed by atoms with E-state index in [1.54, 1.807) is 17.7 Å². The van der Waals surface area contributed by atoms with Crippen LogP contribution in [0.3, 0.4) is 0 Å². The van der Waals surface area contributed by atoms with Gasteiger partial charge >= 0.3 is 0 Å². The summed E-state index contributed by atoms with van der Waals surface area (Å²) < 4.78 is 34.7. The number of hydrogen-bond donors (Lipinski definition) is 2. The molecule has 0 aromatic carbocycles. The maximum atomic E-state index is 12.4. The molecule has 3 N–H and O–H groups in total. The van der Waals surface area contributed by atoms with Gasteiger partial charge in [0.05, 0.1) is 12.1 Å². The van der Waals surface area contributed by atoms with E-state index >= 15 is 0 Å². The summed E-state index contributed by atoms with van der Waals surface area (Å²) in [4.78, 5) is 4.11. The van der Waals surface area contributed by atoms with Crippen molar-refractivity contribution in [3.05, 3.63) is 12.0 Å². The van der Waals surface area contributed by atoms with Gasteiger partial charge in [-0.3, -0.25) is 0 Å². The van der Waals surface area contributed by atoms with Crippen LogP contribution in [0.4, 0.5) is 0 Å². The molecular weight excluding hydrogens is 280 g/mol. The number of nitrogens with two attached hydrogens (primary N) is 1. The number of aromatic nitrogens is 2. The Balaban J connectivity index is 1.78. The van der Waals surface area contributed by atoms with Crippen molar-refractivity contribution in [2.45, 2.75) is 50.0 Å². The summed E-state index contributed by atoms with van der Waals surface area (Å²) >= 11 is 0. The lowest BCUT2D eigenvalue weighted by Gasteiger charge is -2.45. The minimum atomic E-state index is -3.65. The topological polar surface area (TPSA) is 99.2 Å². The van der Waals surface area contributed by atoms with Crippen molar-refractivity contribution < 1.29 is 13.2 Å². The first-order valence-corrected chi connectivity index (χ1v) is 8.35. The summed E-state index contributed by atoms with van der Waals surface area (Å²) in [6.45, 7) is 5.07. The summed E-state index contributed by atoms with van der Waals surface area (Å²) in [5, 5.41) is 0.0468. The number of sulfonamides is 1. The molecule has 1 aromatic heterocycles. The van der Waals surface area contributed by atoms with E-state index in [4.69, 9.17) is 10.5 Å². The first kappa shape index (κ1) is 14.0. The number of nitrogens with zero attached hydrogens (tertiary/aromatic N) is 2. The van der Waals surface area contributed by atoms with Crippen molar-refractivity contribution in [2.24, 2.45) is 11.7 Å². The molecule has 2 heterocycles. The van der Waals surface area contributed by atoms with Gasteiger partial charge in [0.15, 0.2) is 5.03 Å². The number of nitrogens with one attached hydrogen (secondary N) is 1. The maximum Gasteiger partial charge on any atom is 0.259 e. The van der Waals surface area contributed by atoms with Crippen LogP contribution in [0, 0.1) is 12.8 Å². The van der Waals surface area contributed by atoms with Crippen molar-refractivity contribution >= 4 is 10.0 Å². The van der Waals surface area contributed by atoms with Crippen LogP contribution in [0.25, 0.3) is 0 Å². The predicted molar refractivity (Wildman–Crippen MR) is 72.6 cm³/mol. The molecule has 0 bridgehead atoms. The summed E-state index contributed by atoms with van der Waals surface area (Å²) in [5.74, 6) is 0.957. The van der Waals surface area contributed by atoms with Crippen LogP contribution in [0.2, 0.25) is 0 Å². The SMILES string of the molecule is CCn1cc(S(=O)(=O)NC2C(N)C3CCOC32)nc1C. The highest BCUT2D eigenvalue weighted by Crippen LogP contribution is 2.38. The molecule has 0 radical (unpaired) electrons. The van der Waals surface area contributed by atoms with Crippen LogP contribution >= 0.6 is 0 Å². The van der Waals surface area contributed by atoms with Crippen LogP contribution < -0.4 is 10.5 Å². The van der Waals surface area contributed by atoms with Crippen molar-refractivity contribution in [3.8, 4) is 0 Å². The highest BCUT2D eigenvalue weighted by atomic mass is 32.2. The van der Waals surface area contributed by atoms with Crippen molar-refractivity contribution in [1.82, 2.24) is 14.3 Å². The average Bonchev–Trinajstić information content (AvgIpc) is 3.00. The molecule has 1 saturated carbocycles. The van der Waals surface area contributed by atoms with Gasteiger partial charge < -0.3 is 15.0 Å². The Morgan fingerprint density at radius 2 is 2.35 bits per heavy atom. The largest absolute Gasteiger partial charge is 0.376 e. The van der Waals surface area contributed by atoms with E-state index in [0.717, 1.165) is 6.42 Å². The van der Waals surface area contributed by atoms with Gasteiger partial charge in [-0.25, -0.2) is 18.1 Å². The summed E-state index contributed by atoms with van der Waals surface area (Å²) in [6, 6.07) is -0.522. The molecule has 2 fully saturated rings. The number of fused-ring (bicyclic) bond motifs is 1. The zero-order valence-electron chi connectivity index (χ0n) is 11.6. The van der Waals surface area contributed by atoms with Gasteiger partial charge in [-0.1, -0.05) is 0 Å². The average molecular weight is 300 g/mol. The first-order valence-electron chi connectivity index (χ1n) is 6.87. The number of aryl methyl sites for hydroxylation is 2. The second-order valence-electron chi connectivity index (χ2n) is 5.42. The monoisotopic (exact) mass is 300 g/mol. The summed E-state index contributed by atoms with van der Waals surface area (Å²) in [5.41, 5.74) is 6.02. The lowest BCUT2D eigenvalue weighted by atomic mass is 9.73. The van der Waals surface area contributed by atoms with E-state index in [1.807, 2.05) is 6.92 Å². The van der Waals surface area contributed by atoms with Gasteiger partial charge in [0, 0.05) is 31.3 Å². The molecule has 4 atom stereocenters. The van der Waals surface area contributed by atoms with Gasteiger partial charge in [-0.15, -0.1) is 0 Å². The van der Waals surface area contributed by atoms with Crippen LogP contribution in [0.1, 0.15) is 19.2 Å². The Morgan fingerprint density at radius 3 is 3.00 bits per heavy atom. The second-order valence-corrected chi connectivity index (χ2v) is 7.09. The molecular formula is C12H20N4O3S. The Hall–Kier alpha value is -0.960.